The molecule has 0 spiro atoms. The number of imidazole rings is 1. The van der Waals surface area contributed by atoms with Gasteiger partial charge in [0.25, 0.3) is 5.91 Å². The van der Waals surface area contributed by atoms with Crippen LogP contribution in [0.3, 0.4) is 0 Å². The molecule has 3 atom stereocenters. The number of hydrogen-bond acceptors (Lipinski definition) is 4. The lowest BCUT2D eigenvalue weighted by molar-refractivity contribution is -0.0462. The van der Waals surface area contributed by atoms with Gasteiger partial charge in [0.15, 0.2) is 0 Å². The van der Waals surface area contributed by atoms with Gasteiger partial charge in [-0.3, -0.25) is 4.79 Å². The van der Waals surface area contributed by atoms with Crippen LogP contribution in [0, 0.1) is 5.92 Å². The highest BCUT2D eigenvalue weighted by atomic mass is 16.5. The Morgan fingerprint density at radius 3 is 3.04 bits per heavy atom. The van der Waals surface area contributed by atoms with Crippen molar-refractivity contribution < 1.29 is 14.3 Å². The van der Waals surface area contributed by atoms with Crippen molar-refractivity contribution >= 4 is 5.91 Å². The van der Waals surface area contributed by atoms with Crippen LogP contribution in [0.5, 0.6) is 0 Å². The highest BCUT2D eigenvalue weighted by Crippen LogP contribution is 2.34. The molecule has 0 aromatic carbocycles. The molecule has 6 heteroatoms. The summed E-state index contributed by atoms with van der Waals surface area (Å²) in [4.78, 5) is 19.8. The Kier molecular flexibility index (Phi) is 4.59. The number of amides is 1. The van der Waals surface area contributed by atoms with Crippen LogP contribution in [-0.4, -0.2) is 59.4 Å². The van der Waals surface area contributed by atoms with Crippen LogP contribution in [0.15, 0.2) is 6.20 Å². The predicted molar refractivity (Wildman–Crippen MR) is 88.9 cm³/mol. The van der Waals surface area contributed by atoms with Gasteiger partial charge >= 0.3 is 0 Å². The molecule has 24 heavy (non-hydrogen) atoms. The molecule has 3 unspecified atom stereocenters. The van der Waals surface area contributed by atoms with Crippen molar-refractivity contribution in [2.24, 2.45) is 5.92 Å². The topological polar surface area (TPSA) is 56.6 Å². The van der Waals surface area contributed by atoms with Gasteiger partial charge in [-0.05, 0) is 25.7 Å². The summed E-state index contributed by atoms with van der Waals surface area (Å²) in [6.07, 6.45) is 8.87. The normalized spacial score (nSPS) is 30.4. The lowest BCUT2D eigenvalue weighted by Crippen LogP contribution is -2.53. The van der Waals surface area contributed by atoms with Crippen LogP contribution in [0.2, 0.25) is 0 Å². The highest BCUT2D eigenvalue weighted by Gasteiger charge is 2.41. The zero-order valence-electron chi connectivity index (χ0n) is 14.4. The third-order valence-corrected chi connectivity index (χ3v) is 5.85. The van der Waals surface area contributed by atoms with Gasteiger partial charge in [-0.2, -0.15) is 0 Å². The maximum absolute atomic E-state index is 13.1. The van der Waals surface area contributed by atoms with E-state index in [-0.39, 0.29) is 18.1 Å². The molecule has 1 aromatic rings. The first kappa shape index (κ1) is 16.1. The summed E-state index contributed by atoms with van der Waals surface area (Å²) in [5.41, 5.74) is 0.603. The van der Waals surface area contributed by atoms with E-state index in [4.69, 9.17) is 9.47 Å². The maximum Gasteiger partial charge on any atom is 0.274 e. The molecule has 2 aliphatic heterocycles. The van der Waals surface area contributed by atoms with Gasteiger partial charge in [0.2, 0.25) is 0 Å². The number of aryl methyl sites for hydroxylation is 2. The number of carbonyl (C=O) groups is 1. The van der Waals surface area contributed by atoms with Gasteiger partial charge in [0.1, 0.15) is 11.5 Å². The summed E-state index contributed by atoms with van der Waals surface area (Å²) in [7, 11) is 1.78. The van der Waals surface area contributed by atoms with Gasteiger partial charge in [0.05, 0.1) is 25.4 Å². The van der Waals surface area contributed by atoms with Crippen LogP contribution in [0.4, 0.5) is 0 Å². The molecule has 1 aromatic heterocycles. The van der Waals surface area contributed by atoms with E-state index in [0.29, 0.717) is 31.4 Å². The number of morpholine rings is 1. The summed E-state index contributed by atoms with van der Waals surface area (Å²) in [6.45, 7) is 2.86. The Morgan fingerprint density at radius 2 is 2.21 bits per heavy atom. The summed E-state index contributed by atoms with van der Waals surface area (Å²) in [5, 5.41) is 0. The fourth-order valence-electron chi connectivity index (χ4n) is 4.58. The highest BCUT2D eigenvalue weighted by molar-refractivity contribution is 5.92. The molecule has 0 N–H and O–H groups in total. The molecule has 0 bridgehead atoms. The van der Waals surface area contributed by atoms with E-state index in [0.717, 1.165) is 31.6 Å². The van der Waals surface area contributed by atoms with E-state index in [1.54, 1.807) is 7.11 Å². The molecule has 1 saturated carbocycles. The van der Waals surface area contributed by atoms with Gasteiger partial charge in [-0.25, -0.2) is 4.98 Å². The number of methoxy groups -OCH3 is 1. The van der Waals surface area contributed by atoms with Crippen molar-refractivity contribution in [1.82, 2.24) is 14.5 Å². The zero-order valence-corrected chi connectivity index (χ0v) is 14.4. The van der Waals surface area contributed by atoms with Crippen molar-refractivity contribution in [2.75, 3.05) is 26.9 Å². The Bertz CT molecular complexity index is 577. The second kappa shape index (κ2) is 6.84. The minimum atomic E-state index is 0.0620. The molecular formula is C18H27N3O3. The Morgan fingerprint density at radius 1 is 1.29 bits per heavy atom. The lowest BCUT2D eigenvalue weighted by Gasteiger charge is -2.40. The molecule has 132 valence electrons. The number of fused-ring (bicyclic) bond motifs is 1. The molecular weight excluding hydrogens is 306 g/mol. The SMILES string of the molecule is COC1CCCC1C1COCCN1C(=O)c1cn2c(n1)CCCC2. The molecule has 6 nitrogen and oxygen atoms in total. The predicted octanol–water partition coefficient (Wildman–Crippen LogP) is 1.88. The quantitative estimate of drug-likeness (QED) is 0.847. The van der Waals surface area contributed by atoms with Crippen molar-refractivity contribution in [3.8, 4) is 0 Å². The molecule has 1 aliphatic carbocycles. The minimum Gasteiger partial charge on any atom is -0.381 e. The first-order valence-corrected chi connectivity index (χ1v) is 9.25. The number of rotatable bonds is 3. The first-order chi connectivity index (χ1) is 11.8. The summed E-state index contributed by atoms with van der Waals surface area (Å²) >= 11 is 0. The summed E-state index contributed by atoms with van der Waals surface area (Å²) in [5.74, 6) is 1.49. The molecule has 1 saturated heterocycles. The van der Waals surface area contributed by atoms with Crippen LogP contribution >= 0.6 is 0 Å². The van der Waals surface area contributed by atoms with Gasteiger partial charge in [0, 0.05) is 38.7 Å². The standard InChI is InChI=1S/C18H27N3O3/c1-23-16-6-4-5-13(16)15-12-24-10-9-21(15)18(22)14-11-20-8-3-2-7-17(20)19-14/h11,13,15-16H,2-10,12H2,1H3. The van der Waals surface area contributed by atoms with Crippen LogP contribution in [0.1, 0.15) is 48.4 Å². The largest absolute Gasteiger partial charge is 0.381 e. The summed E-state index contributed by atoms with van der Waals surface area (Å²) < 4.78 is 13.5. The molecule has 3 heterocycles. The molecule has 2 fully saturated rings. The fraction of sp³-hybridized carbons (Fsp3) is 0.778. The molecule has 0 radical (unpaired) electrons. The Balaban J connectivity index is 1.55. The first-order valence-electron chi connectivity index (χ1n) is 9.25. The average molecular weight is 333 g/mol. The monoisotopic (exact) mass is 333 g/mol. The zero-order chi connectivity index (χ0) is 16.5. The fourth-order valence-corrected chi connectivity index (χ4v) is 4.58. The average Bonchev–Trinajstić information content (AvgIpc) is 3.27. The minimum absolute atomic E-state index is 0.0620. The number of nitrogens with zero attached hydrogens (tertiary/aromatic N) is 3. The van der Waals surface area contributed by atoms with Crippen LogP contribution < -0.4 is 0 Å². The molecule has 3 aliphatic rings. The van der Waals surface area contributed by atoms with E-state index < -0.39 is 0 Å². The summed E-state index contributed by atoms with van der Waals surface area (Å²) in [6, 6.07) is 0.109. The van der Waals surface area contributed by atoms with Crippen molar-refractivity contribution in [2.45, 2.75) is 57.2 Å². The van der Waals surface area contributed by atoms with Crippen LogP contribution in [0.25, 0.3) is 0 Å². The van der Waals surface area contributed by atoms with Crippen LogP contribution in [-0.2, 0) is 22.4 Å². The Labute approximate surface area is 143 Å². The van der Waals surface area contributed by atoms with E-state index in [1.165, 1.54) is 19.3 Å². The van der Waals surface area contributed by atoms with Gasteiger partial charge in [-0.1, -0.05) is 6.42 Å². The van der Waals surface area contributed by atoms with E-state index in [2.05, 4.69) is 9.55 Å². The van der Waals surface area contributed by atoms with Gasteiger partial charge < -0.3 is 18.9 Å². The third-order valence-electron chi connectivity index (χ3n) is 5.85. The van der Waals surface area contributed by atoms with E-state index >= 15 is 0 Å². The van der Waals surface area contributed by atoms with E-state index in [1.807, 2.05) is 11.1 Å². The van der Waals surface area contributed by atoms with Gasteiger partial charge in [-0.15, -0.1) is 0 Å². The Hall–Kier alpha value is -1.40. The number of hydrogen-bond donors (Lipinski definition) is 0. The lowest BCUT2D eigenvalue weighted by atomic mass is 9.94. The second-order valence-electron chi connectivity index (χ2n) is 7.20. The maximum atomic E-state index is 13.1. The van der Waals surface area contributed by atoms with E-state index in [9.17, 15) is 4.79 Å². The smallest absolute Gasteiger partial charge is 0.274 e. The van der Waals surface area contributed by atoms with Crippen molar-refractivity contribution in [3.63, 3.8) is 0 Å². The number of carbonyl (C=O) groups excluding carboxylic acids is 1. The number of ether oxygens (including phenoxy) is 2. The second-order valence-corrected chi connectivity index (χ2v) is 7.20. The van der Waals surface area contributed by atoms with Crippen molar-refractivity contribution in [1.29, 1.82) is 0 Å². The molecule has 1 amide bonds. The third kappa shape index (κ3) is 2.86. The van der Waals surface area contributed by atoms with Crippen molar-refractivity contribution in [3.05, 3.63) is 17.7 Å². The number of aromatic nitrogens is 2. The molecule has 4 rings (SSSR count).